The highest BCUT2D eigenvalue weighted by Gasteiger charge is 2.03. The van der Waals surface area contributed by atoms with Gasteiger partial charge in [-0.2, -0.15) is 0 Å². The van der Waals surface area contributed by atoms with Crippen molar-refractivity contribution in [2.24, 2.45) is 11.6 Å². The van der Waals surface area contributed by atoms with Crippen LogP contribution in [0.2, 0.25) is 0 Å². The summed E-state index contributed by atoms with van der Waals surface area (Å²) in [7, 11) is 0. The third-order valence-corrected chi connectivity index (χ3v) is 4.29. The van der Waals surface area contributed by atoms with E-state index in [0.717, 1.165) is 52.8 Å². The zero-order valence-electron chi connectivity index (χ0n) is 15.5. The second kappa shape index (κ2) is 8.91. The Bertz CT molecular complexity index is 916. The Balaban J connectivity index is 1.70. The van der Waals surface area contributed by atoms with Crippen molar-refractivity contribution >= 4 is 27.8 Å². The Kier molecular flexibility index (Phi) is 6.12. The number of unbranched alkanes of at least 4 members (excludes halogenated alkanes) is 1. The van der Waals surface area contributed by atoms with Crippen molar-refractivity contribution in [3.8, 4) is 0 Å². The molecule has 0 bridgehead atoms. The summed E-state index contributed by atoms with van der Waals surface area (Å²) in [5, 5.41) is 3.74. The quantitative estimate of drug-likeness (QED) is 0.352. The number of nitrogens with two attached hydrogens (primary N) is 2. The van der Waals surface area contributed by atoms with Gasteiger partial charge >= 0.3 is 0 Å². The summed E-state index contributed by atoms with van der Waals surface area (Å²) >= 11 is 0. The maximum absolute atomic E-state index is 6.14. The summed E-state index contributed by atoms with van der Waals surface area (Å²) < 4.78 is 0. The topological polar surface area (TPSA) is 92.2 Å². The summed E-state index contributed by atoms with van der Waals surface area (Å²) in [6, 6.07) is 15.9. The molecule has 6 N–H and O–H groups in total. The average molecular weight is 362 g/mol. The molecular formula is C21H26N6. The van der Waals surface area contributed by atoms with Crippen LogP contribution in [-0.2, 0) is 0 Å². The Labute approximate surface area is 159 Å². The number of aromatic nitrogens is 1. The summed E-state index contributed by atoms with van der Waals surface area (Å²) in [6.45, 7) is 2.14. The molecule has 1 aromatic heterocycles. The van der Waals surface area contributed by atoms with E-state index in [-0.39, 0.29) is 0 Å². The zero-order valence-corrected chi connectivity index (χ0v) is 15.5. The van der Waals surface area contributed by atoms with Gasteiger partial charge in [0, 0.05) is 35.1 Å². The maximum Gasteiger partial charge on any atom is 0.0619 e. The lowest BCUT2D eigenvalue weighted by molar-refractivity contribution is 0.776. The van der Waals surface area contributed by atoms with E-state index in [2.05, 4.69) is 22.8 Å². The second-order valence-corrected chi connectivity index (χ2v) is 6.42. The van der Waals surface area contributed by atoms with E-state index in [1.54, 1.807) is 17.4 Å². The number of hydrogen-bond acceptors (Lipinski definition) is 6. The molecule has 6 heteroatoms. The van der Waals surface area contributed by atoms with Crippen LogP contribution in [0, 0.1) is 0 Å². The van der Waals surface area contributed by atoms with Crippen molar-refractivity contribution in [3.05, 3.63) is 72.8 Å². The summed E-state index contributed by atoms with van der Waals surface area (Å²) in [4.78, 5) is 4.16. The van der Waals surface area contributed by atoms with Crippen LogP contribution in [0.1, 0.15) is 26.2 Å². The van der Waals surface area contributed by atoms with Crippen LogP contribution in [0.5, 0.6) is 0 Å². The number of hydrazine groups is 2. The molecule has 0 atom stereocenters. The minimum absolute atomic E-state index is 0.778. The van der Waals surface area contributed by atoms with Crippen molar-refractivity contribution in [3.63, 3.8) is 0 Å². The maximum atomic E-state index is 6.14. The van der Waals surface area contributed by atoms with Gasteiger partial charge in [-0.25, -0.2) is 5.84 Å². The lowest BCUT2D eigenvalue weighted by Crippen LogP contribution is -2.26. The molecule has 140 valence electrons. The molecule has 0 aliphatic heterocycles. The molecule has 0 unspecified atom stereocenters. The van der Waals surface area contributed by atoms with Gasteiger partial charge in [0.05, 0.1) is 17.1 Å². The summed E-state index contributed by atoms with van der Waals surface area (Å²) in [5.74, 6) is 6.14. The van der Waals surface area contributed by atoms with Crippen LogP contribution in [0.25, 0.3) is 10.8 Å². The van der Waals surface area contributed by atoms with Crippen molar-refractivity contribution in [2.75, 3.05) is 15.9 Å². The average Bonchev–Trinajstić information content (AvgIpc) is 2.71. The van der Waals surface area contributed by atoms with Gasteiger partial charge in [0.2, 0.25) is 0 Å². The first-order chi connectivity index (χ1) is 13.2. The molecule has 0 aliphatic carbocycles. The predicted octanol–water partition coefficient (Wildman–Crippen LogP) is 4.34. The van der Waals surface area contributed by atoms with Crippen molar-refractivity contribution < 1.29 is 0 Å². The van der Waals surface area contributed by atoms with E-state index in [0.29, 0.717) is 0 Å². The van der Waals surface area contributed by atoms with Crippen molar-refractivity contribution in [1.82, 2.24) is 4.98 Å². The molecule has 0 radical (unpaired) electrons. The van der Waals surface area contributed by atoms with Gasteiger partial charge < -0.3 is 16.6 Å². The molecule has 0 saturated heterocycles. The Hall–Kier alpha value is -3.25. The number of pyridine rings is 1. The lowest BCUT2D eigenvalue weighted by atomic mass is 10.1. The van der Waals surface area contributed by atoms with E-state index in [9.17, 15) is 0 Å². The monoisotopic (exact) mass is 362 g/mol. The number of nitrogens with one attached hydrogen (secondary N) is 2. The van der Waals surface area contributed by atoms with Crippen molar-refractivity contribution in [2.45, 2.75) is 26.2 Å². The fourth-order valence-corrected chi connectivity index (χ4v) is 2.81. The number of allylic oxidation sites excluding steroid dienone is 1. The number of hydrogen-bond donors (Lipinski definition) is 4. The highest BCUT2D eigenvalue weighted by molar-refractivity contribution is 5.93. The van der Waals surface area contributed by atoms with E-state index in [1.165, 1.54) is 0 Å². The molecule has 3 rings (SSSR count). The minimum atomic E-state index is 0.778. The van der Waals surface area contributed by atoms with Gasteiger partial charge in [0.25, 0.3) is 0 Å². The van der Waals surface area contributed by atoms with Crippen LogP contribution >= 0.6 is 0 Å². The Morgan fingerprint density at radius 1 is 1.15 bits per heavy atom. The Morgan fingerprint density at radius 2 is 2.00 bits per heavy atom. The van der Waals surface area contributed by atoms with Gasteiger partial charge in [0.1, 0.15) is 0 Å². The van der Waals surface area contributed by atoms with Crippen LogP contribution in [0.4, 0.5) is 17.1 Å². The second-order valence-electron chi connectivity index (χ2n) is 6.42. The number of anilines is 3. The molecule has 1 heterocycles. The largest absolute Gasteiger partial charge is 0.401 e. The summed E-state index contributed by atoms with van der Waals surface area (Å²) in [5.41, 5.74) is 16.0. The number of rotatable bonds is 8. The molecule has 0 spiro atoms. The molecule has 6 nitrogen and oxygen atoms in total. The van der Waals surface area contributed by atoms with Gasteiger partial charge in [-0.3, -0.25) is 9.99 Å². The third-order valence-electron chi connectivity index (χ3n) is 4.29. The first-order valence-electron chi connectivity index (χ1n) is 9.12. The lowest BCUT2D eigenvalue weighted by Gasteiger charge is -2.17. The molecule has 0 aliphatic rings. The van der Waals surface area contributed by atoms with E-state index in [4.69, 9.17) is 11.6 Å². The van der Waals surface area contributed by atoms with Crippen LogP contribution in [-0.4, -0.2) is 4.98 Å². The van der Waals surface area contributed by atoms with Gasteiger partial charge in [-0.1, -0.05) is 31.5 Å². The molecular weight excluding hydrogens is 336 g/mol. The molecule has 3 aromatic rings. The van der Waals surface area contributed by atoms with Gasteiger partial charge in [0.15, 0.2) is 0 Å². The SMILES string of the molecule is CCCC/C(N)=C/N(N)c1cccc(NNc2cccc3cnccc23)c1. The highest BCUT2D eigenvalue weighted by Crippen LogP contribution is 2.23. The van der Waals surface area contributed by atoms with E-state index < -0.39 is 0 Å². The fourth-order valence-electron chi connectivity index (χ4n) is 2.81. The molecule has 2 aromatic carbocycles. The first kappa shape index (κ1) is 18.5. The first-order valence-corrected chi connectivity index (χ1v) is 9.12. The van der Waals surface area contributed by atoms with Crippen LogP contribution in [0.15, 0.2) is 72.8 Å². The normalized spacial score (nSPS) is 11.4. The minimum Gasteiger partial charge on any atom is -0.401 e. The number of benzene rings is 2. The molecule has 27 heavy (non-hydrogen) atoms. The molecule has 0 saturated carbocycles. The van der Waals surface area contributed by atoms with Gasteiger partial charge in [-0.05, 0) is 43.2 Å². The van der Waals surface area contributed by atoms with Crippen LogP contribution in [0.3, 0.4) is 0 Å². The Morgan fingerprint density at radius 3 is 2.85 bits per heavy atom. The summed E-state index contributed by atoms with van der Waals surface area (Å²) in [6.07, 6.45) is 8.43. The number of nitrogens with zero attached hydrogens (tertiary/aromatic N) is 2. The van der Waals surface area contributed by atoms with Gasteiger partial charge in [-0.15, -0.1) is 0 Å². The predicted molar refractivity (Wildman–Crippen MR) is 114 cm³/mol. The van der Waals surface area contributed by atoms with E-state index >= 15 is 0 Å². The zero-order chi connectivity index (χ0) is 19.1. The van der Waals surface area contributed by atoms with E-state index in [1.807, 2.05) is 54.7 Å². The van der Waals surface area contributed by atoms with Crippen molar-refractivity contribution in [1.29, 1.82) is 0 Å². The number of fused-ring (bicyclic) bond motifs is 1. The smallest absolute Gasteiger partial charge is 0.0619 e. The standard InChI is InChI=1S/C21H26N6/c1-2-3-7-17(22)15-27(23)19-9-5-8-18(13-19)25-26-21-10-4-6-16-14-24-12-11-20(16)21/h4-6,8-15,25-26H,2-3,7,22-23H2,1H3/b17-15-. The third kappa shape index (κ3) is 4.89. The van der Waals surface area contributed by atoms with Crippen LogP contribution < -0.4 is 27.4 Å². The molecule has 0 amide bonds. The fraction of sp³-hybridized carbons (Fsp3) is 0.190. The molecule has 0 fully saturated rings. The highest BCUT2D eigenvalue weighted by atomic mass is 15.4.